The van der Waals surface area contributed by atoms with Crippen LogP contribution in [0.1, 0.15) is 52.7 Å². The summed E-state index contributed by atoms with van der Waals surface area (Å²) >= 11 is 1.87. The second-order valence-electron chi connectivity index (χ2n) is 30.4. The van der Waals surface area contributed by atoms with Gasteiger partial charge >= 0.3 is 0 Å². The van der Waals surface area contributed by atoms with Crippen molar-refractivity contribution in [1.29, 1.82) is 0 Å². The molecule has 0 fully saturated rings. The second-order valence-corrected chi connectivity index (χ2v) is 31.5. The number of nitrogens with zero attached hydrogens (tertiary/aromatic N) is 4. The summed E-state index contributed by atoms with van der Waals surface area (Å²) in [5.41, 5.74) is 30.9. The fraction of sp³-hybridized carbons (Fsp3) is 0.0816. The van der Waals surface area contributed by atoms with Crippen LogP contribution in [0.25, 0.3) is 131 Å². The molecule has 104 heavy (non-hydrogen) atoms. The Bertz CT molecular complexity index is 5940. The summed E-state index contributed by atoms with van der Waals surface area (Å²) in [5, 5.41) is 7.43. The molecule has 4 nitrogen and oxygen atoms in total. The number of benzene rings is 15. The summed E-state index contributed by atoms with van der Waals surface area (Å²) in [6.45, 7) is 13.9. The summed E-state index contributed by atoms with van der Waals surface area (Å²) < 4.78 is 7.57. The van der Waals surface area contributed by atoms with E-state index in [9.17, 15) is 0 Å². The summed E-state index contributed by atoms with van der Waals surface area (Å²) in [6.07, 6.45) is 0. The van der Waals surface area contributed by atoms with E-state index in [0.29, 0.717) is 0 Å². The Hall–Kier alpha value is -12.2. The van der Waals surface area contributed by atoms with Gasteiger partial charge in [-0.1, -0.05) is 272 Å². The molecular weight excluding hydrogens is 1280 g/mol. The lowest BCUT2D eigenvalue weighted by molar-refractivity contribution is 0.590. The van der Waals surface area contributed by atoms with Gasteiger partial charge < -0.3 is 18.9 Å². The van der Waals surface area contributed by atoms with E-state index < -0.39 is 0 Å². The number of hydrogen-bond acceptors (Lipinski definition) is 3. The van der Waals surface area contributed by atoms with Gasteiger partial charge in [0, 0.05) is 98.1 Å². The van der Waals surface area contributed by atoms with Gasteiger partial charge in [0.15, 0.2) is 0 Å². The molecule has 0 aliphatic carbocycles. The molecule has 20 rings (SSSR count). The van der Waals surface area contributed by atoms with Crippen molar-refractivity contribution in [1.82, 2.24) is 9.13 Å². The third kappa shape index (κ3) is 9.72. The van der Waals surface area contributed by atoms with E-state index in [1.807, 2.05) is 11.3 Å². The molecule has 494 valence electrons. The molecule has 15 aromatic carbocycles. The maximum atomic E-state index is 2.73. The van der Waals surface area contributed by atoms with E-state index >= 15 is 0 Å². The van der Waals surface area contributed by atoms with Crippen molar-refractivity contribution in [3.8, 4) is 67.0 Å². The molecule has 0 amide bonds. The van der Waals surface area contributed by atoms with Crippen LogP contribution in [0.3, 0.4) is 0 Å². The molecule has 0 saturated carbocycles. The molecule has 0 N–H and O–H groups in total. The zero-order chi connectivity index (χ0) is 69.7. The predicted octanol–water partition coefficient (Wildman–Crippen LogP) is 25.3. The van der Waals surface area contributed by atoms with Crippen molar-refractivity contribution in [3.63, 3.8) is 0 Å². The molecule has 6 heteroatoms. The smallest absolute Gasteiger partial charge is 0.252 e. The largest absolute Gasteiger partial charge is 0.310 e. The fourth-order valence-corrected chi connectivity index (χ4v) is 18.3. The zero-order valence-corrected chi connectivity index (χ0v) is 59.8. The first-order chi connectivity index (χ1) is 50.9. The third-order valence-electron chi connectivity index (χ3n) is 22.2. The third-order valence-corrected chi connectivity index (χ3v) is 23.3. The quantitative estimate of drug-likeness (QED) is 0.134. The molecule has 0 bridgehead atoms. The van der Waals surface area contributed by atoms with Gasteiger partial charge in [-0.25, -0.2) is 0 Å². The highest BCUT2D eigenvalue weighted by molar-refractivity contribution is 7.25. The van der Waals surface area contributed by atoms with Crippen molar-refractivity contribution < 1.29 is 0 Å². The molecule has 3 aromatic heterocycles. The van der Waals surface area contributed by atoms with Gasteiger partial charge in [0.05, 0.1) is 33.4 Å². The maximum absolute atomic E-state index is 2.73. The van der Waals surface area contributed by atoms with Crippen LogP contribution in [0.2, 0.25) is 0 Å². The Labute approximate surface area is 611 Å². The zero-order valence-electron chi connectivity index (χ0n) is 59.0. The van der Waals surface area contributed by atoms with Crippen LogP contribution in [0.5, 0.6) is 0 Å². The Kier molecular flexibility index (Phi) is 14.0. The van der Waals surface area contributed by atoms with Gasteiger partial charge in [-0.15, -0.1) is 11.3 Å². The Morgan fingerprint density at radius 1 is 0.260 bits per heavy atom. The number of aromatic nitrogens is 2. The van der Waals surface area contributed by atoms with Crippen molar-refractivity contribution >= 4 is 132 Å². The molecule has 5 heterocycles. The van der Waals surface area contributed by atoms with Crippen molar-refractivity contribution in [2.24, 2.45) is 0 Å². The number of hydrogen-bond donors (Lipinski definition) is 0. The van der Waals surface area contributed by atoms with Crippen LogP contribution in [0.4, 0.5) is 34.1 Å². The number of para-hydroxylation sites is 4. The fourth-order valence-electron chi connectivity index (χ4n) is 17.2. The lowest BCUT2D eigenvalue weighted by Crippen LogP contribution is -2.61. The lowest BCUT2D eigenvalue weighted by Gasteiger charge is -2.46. The van der Waals surface area contributed by atoms with Gasteiger partial charge in [0.1, 0.15) is 0 Å². The Morgan fingerprint density at radius 2 is 0.596 bits per heavy atom. The minimum atomic E-state index is -0.266. The van der Waals surface area contributed by atoms with E-state index in [1.54, 1.807) is 0 Å². The number of rotatable bonds is 9. The number of thiophene rings is 1. The molecule has 0 atom stereocenters. The predicted molar refractivity (Wildman–Crippen MR) is 447 cm³/mol. The number of fused-ring (bicyclic) bond motifs is 13. The summed E-state index contributed by atoms with van der Waals surface area (Å²) in [4.78, 5) is 5.46. The van der Waals surface area contributed by atoms with Crippen molar-refractivity contribution in [2.45, 2.75) is 52.4 Å². The van der Waals surface area contributed by atoms with E-state index in [0.717, 1.165) is 101 Å². The Balaban J connectivity index is 0.996. The van der Waals surface area contributed by atoms with Crippen LogP contribution < -0.4 is 26.2 Å². The topological polar surface area (TPSA) is 16.3 Å². The monoisotopic (exact) mass is 1350 g/mol. The minimum absolute atomic E-state index is 0.207. The van der Waals surface area contributed by atoms with E-state index in [1.165, 1.54) is 91.3 Å². The van der Waals surface area contributed by atoms with E-state index in [4.69, 9.17) is 0 Å². The molecule has 0 saturated heterocycles. The van der Waals surface area contributed by atoms with Gasteiger partial charge in [-0.2, -0.15) is 0 Å². The average molecular weight is 1350 g/mol. The van der Waals surface area contributed by atoms with Gasteiger partial charge in [-0.3, -0.25) is 0 Å². The first-order valence-electron chi connectivity index (χ1n) is 36.4. The molecule has 2 aliphatic rings. The van der Waals surface area contributed by atoms with Crippen LogP contribution in [-0.2, 0) is 10.8 Å². The van der Waals surface area contributed by atoms with Gasteiger partial charge in [0.25, 0.3) is 6.71 Å². The molecular formula is C98H73BN4S. The lowest BCUT2D eigenvalue weighted by atomic mass is 9.33. The van der Waals surface area contributed by atoms with Crippen LogP contribution in [0.15, 0.2) is 334 Å². The highest BCUT2D eigenvalue weighted by atomic mass is 32.1. The van der Waals surface area contributed by atoms with Crippen molar-refractivity contribution in [2.75, 3.05) is 9.80 Å². The molecule has 18 aromatic rings. The van der Waals surface area contributed by atoms with Gasteiger partial charge in [-0.05, 0) is 175 Å². The standard InChI is InChI=1S/C98H73BN4S/c1-97(2,3)68-56-77(62-29-11-7-12-30-62)95(78(57-68)63-31-13-8-14-32-63)102-88-60-70(100-84-42-24-19-37-72(84)73-38-20-25-43-85(73)100)48-50-82(88)99-83-51-49-71(101-86-44-26-21-39-74(86)75-40-22-27-45-87(75)101)61-89(83)103(91-55-67(54-90(102)94(91)99)66-47-52-93-81(53-66)76-41-23-28-46-92(76)104-93)96-79(64-33-15-9-16-34-64)58-69(98(4,5)6)59-80(96)65-35-17-10-18-36-65/h7-61H,1-6H3. The summed E-state index contributed by atoms with van der Waals surface area (Å²) in [5.74, 6) is 0. The molecule has 0 unspecified atom stereocenters. The van der Waals surface area contributed by atoms with Gasteiger partial charge in [0.2, 0.25) is 0 Å². The molecule has 0 spiro atoms. The average Bonchev–Trinajstić information content (AvgIpc) is 0.775. The highest BCUT2D eigenvalue weighted by Gasteiger charge is 2.46. The van der Waals surface area contributed by atoms with Crippen LogP contribution in [0, 0.1) is 0 Å². The van der Waals surface area contributed by atoms with Crippen LogP contribution >= 0.6 is 11.3 Å². The summed E-state index contributed by atoms with van der Waals surface area (Å²) in [6, 6.07) is 127. The van der Waals surface area contributed by atoms with E-state index in [2.05, 4.69) is 394 Å². The second kappa shape index (κ2) is 23.7. The highest BCUT2D eigenvalue weighted by Crippen LogP contribution is 2.56. The normalized spacial score (nSPS) is 12.8. The van der Waals surface area contributed by atoms with E-state index in [-0.39, 0.29) is 17.5 Å². The van der Waals surface area contributed by atoms with Crippen LogP contribution in [-0.4, -0.2) is 15.8 Å². The molecule has 2 aliphatic heterocycles. The maximum Gasteiger partial charge on any atom is 0.252 e. The van der Waals surface area contributed by atoms with Crippen molar-refractivity contribution in [3.05, 3.63) is 345 Å². The first kappa shape index (κ1) is 61.6. The minimum Gasteiger partial charge on any atom is -0.310 e. The Morgan fingerprint density at radius 3 is 0.971 bits per heavy atom. The SMILES string of the molecule is CC(C)(C)c1cc(-c2ccccc2)c(N2c3cc(-n4c5ccccc5c5ccccc54)ccc3B3c4ccc(-n5c6ccccc6c6ccccc65)cc4N(c4c(-c5ccccc5)cc(C(C)(C)C)cc4-c4ccccc4)c4cc(-c5ccc6sc7ccccc7c6c5)cc2c43)c(-c2ccccc2)c1. The first-order valence-corrected chi connectivity index (χ1v) is 37.2. The summed E-state index contributed by atoms with van der Waals surface area (Å²) in [7, 11) is 0. The molecule has 0 radical (unpaired) electrons. The number of anilines is 6.